The second-order valence-electron chi connectivity index (χ2n) is 4.18. The second-order valence-corrected chi connectivity index (χ2v) is 4.57. The number of nitrogens with one attached hydrogen (secondary N) is 2. The second kappa shape index (κ2) is 5.83. The van der Waals surface area contributed by atoms with Crippen molar-refractivity contribution < 1.29 is 14.5 Å². The topological polar surface area (TPSA) is 66.2 Å². The van der Waals surface area contributed by atoms with Crippen LogP contribution in [0.2, 0.25) is 0 Å². The van der Waals surface area contributed by atoms with E-state index in [-0.39, 0.29) is 11.0 Å². The number of amides is 2. The van der Waals surface area contributed by atoms with Gasteiger partial charge in [0.25, 0.3) is 0 Å². The Bertz CT molecular complexity index is 367. The molecule has 0 radical (unpaired) electrons. The molecule has 94 valence electrons. The van der Waals surface area contributed by atoms with Gasteiger partial charge in [-0.2, -0.15) is 0 Å². The maximum Gasteiger partial charge on any atom is 0.246 e. The quantitative estimate of drug-likeness (QED) is 0.338. The van der Waals surface area contributed by atoms with Crippen LogP contribution in [0.4, 0.5) is 0 Å². The van der Waals surface area contributed by atoms with Crippen molar-refractivity contribution in [2.24, 2.45) is 10.9 Å². The molecule has 0 spiro atoms. The van der Waals surface area contributed by atoms with Gasteiger partial charge in [-0.15, -0.1) is 0 Å². The lowest BCUT2D eigenvalue weighted by Gasteiger charge is -2.27. The zero-order valence-corrected chi connectivity index (χ0v) is 11.0. The Balaban J connectivity index is 2.60. The maximum atomic E-state index is 11.8. The smallest absolute Gasteiger partial charge is 0.246 e. The molecule has 2 N–H and O–H groups in total. The first-order valence-electron chi connectivity index (χ1n) is 5.35. The van der Waals surface area contributed by atoms with Crippen molar-refractivity contribution >= 4 is 35.4 Å². The van der Waals surface area contributed by atoms with Crippen LogP contribution < -0.4 is 10.2 Å². The fraction of sp³-hybridized carbons (Fsp3) is 0.600. The summed E-state index contributed by atoms with van der Waals surface area (Å²) in [5.41, 5.74) is 0. The van der Waals surface area contributed by atoms with Crippen LogP contribution in [-0.4, -0.2) is 62.3 Å². The molecule has 1 fully saturated rings. The van der Waals surface area contributed by atoms with E-state index in [0.29, 0.717) is 6.54 Å². The van der Waals surface area contributed by atoms with Gasteiger partial charge in [0.1, 0.15) is 0 Å². The fourth-order valence-corrected chi connectivity index (χ4v) is 1.48. The number of hydrogen-bond acceptors (Lipinski definition) is 4. The molecule has 0 aromatic heterocycles. The minimum Gasteiger partial charge on any atom is -0.338 e. The van der Waals surface area contributed by atoms with Crippen molar-refractivity contribution in [3.05, 3.63) is 0 Å². The van der Waals surface area contributed by atoms with E-state index in [2.05, 4.69) is 10.3 Å². The summed E-state index contributed by atoms with van der Waals surface area (Å²) in [5.74, 6) is -1.59. The van der Waals surface area contributed by atoms with Crippen LogP contribution in [0.25, 0.3) is 0 Å². The minimum atomic E-state index is -0.858. The monoisotopic (exact) mass is 257 g/mol. The average molecular weight is 257 g/mol. The first-order valence-corrected chi connectivity index (χ1v) is 5.75. The first kappa shape index (κ1) is 13.7. The van der Waals surface area contributed by atoms with E-state index in [1.807, 2.05) is 14.1 Å². The summed E-state index contributed by atoms with van der Waals surface area (Å²) in [4.78, 5) is 29.9. The lowest BCUT2D eigenvalue weighted by Crippen LogP contribution is -3.06. The molecule has 1 aliphatic rings. The number of carbonyl (C=O) groups excluding carboxylic acids is 2. The predicted octanol–water partition coefficient (Wildman–Crippen LogP) is -2.31. The number of likely N-dealkylation sites (N-methyl/N-ethyl adjacent to an activating group) is 1. The van der Waals surface area contributed by atoms with Crippen LogP contribution in [0.1, 0.15) is 0 Å². The molecule has 1 aliphatic heterocycles. The molecule has 7 heteroatoms. The molecule has 1 saturated heterocycles. The van der Waals surface area contributed by atoms with Gasteiger partial charge in [0.2, 0.25) is 11.8 Å². The summed E-state index contributed by atoms with van der Waals surface area (Å²) in [5, 5.41) is 2.60. The van der Waals surface area contributed by atoms with Crippen molar-refractivity contribution in [3.8, 4) is 0 Å². The molecule has 1 rings (SSSR count). The van der Waals surface area contributed by atoms with E-state index in [4.69, 9.17) is 12.2 Å². The van der Waals surface area contributed by atoms with Crippen LogP contribution in [0.3, 0.4) is 0 Å². The summed E-state index contributed by atoms with van der Waals surface area (Å²) in [7, 11) is 5.56. The van der Waals surface area contributed by atoms with Gasteiger partial charge in [0.15, 0.2) is 11.0 Å². The number of aliphatic imine (C=N–C) groups is 1. The standard InChI is InChI=1S/C10H16N4O2S/c1-13(2)5-4-11-6-7-8(15)12-10(17)14(3)9(7)16/h6-7H,4-5H2,1-3H3,(H,12,15,17)/p+1/t7-/m1/s1. The fourth-order valence-electron chi connectivity index (χ4n) is 1.29. The largest absolute Gasteiger partial charge is 0.338 e. The lowest BCUT2D eigenvalue weighted by molar-refractivity contribution is -0.856. The summed E-state index contributed by atoms with van der Waals surface area (Å²) in [6.07, 6.45) is 1.40. The molecule has 1 atom stereocenters. The van der Waals surface area contributed by atoms with E-state index in [1.54, 1.807) is 0 Å². The van der Waals surface area contributed by atoms with Gasteiger partial charge < -0.3 is 10.2 Å². The van der Waals surface area contributed by atoms with Gasteiger partial charge in [-0.3, -0.25) is 19.5 Å². The van der Waals surface area contributed by atoms with Crippen molar-refractivity contribution in [2.45, 2.75) is 0 Å². The van der Waals surface area contributed by atoms with Crippen molar-refractivity contribution in [3.63, 3.8) is 0 Å². The Kier molecular flexibility index (Phi) is 4.71. The summed E-state index contributed by atoms with van der Waals surface area (Å²) >= 11 is 4.83. The molecule has 17 heavy (non-hydrogen) atoms. The highest BCUT2D eigenvalue weighted by atomic mass is 32.1. The van der Waals surface area contributed by atoms with E-state index in [0.717, 1.165) is 6.54 Å². The van der Waals surface area contributed by atoms with Gasteiger partial charge in [-0.05, 0) is 12.2 Å². The number of hydrogen-bond donors (Lipinski definition) is 2. The van der Waals surface area contributed by atoms with Gasteiger partial charge in [-0.1, -0.05) is 0 Å². The molecule has 0 bridgehead atoms. The van der Waals surface area contributed by atoms with Crippen molar-refractivity contribution in [2.75, 3.05) is 34.2 Å². The Labute approximate surface area is 106 Å². The van der Waals surface area contributed by atoms with Crippen LogP contribution in [0, 0.1) is 5.92 Å². The molecular formula is C10H17N4O2S+. The molecule has 0 unspecified atom stereocenters. The van der Waals surface area contributed by atoms with Crippen LogP contribution in [0.5, 0.6) is 0 Å². The first-order chi connectivity index (χ1) is 7.93. The molecule has 6 nitrogen and oxygen atoms in total. The molecule has 1 heterocycles. The van der Waals surface area contributed by atoms with E-state index >= 15 is 0 Å². The number of thiocarbonyl (C=S) groups is 1. The normalized spacial score (nSPS) is 21.5. The maximum absolute atomic E-state index is 11.8. The van der Waals surface area contributed by atoms with E-state index in [9.17, 15) is 9.59 Å². The highest BCUT2D eigenvalue weighted by molar-refractivity contribution is 7.80. The SMILES string of the molecule is CN1C(=O)[C@H](C=NCC[NH+](C)C)C(=O)NC1=S. The minimum absolute atomic E-state index is 0.141. The Morgan fingerprint density at radius 3 is 2.76 bits per heavy atom. The third-order valence-electron chi connectivity index (χ3n) is 2.41. The average Bonchev–Trinajstić information content (AvgIpc) is 2.24. The van der Waals surface area contributed by atoms with E-state index < -0.39 is 11.8 Å². The summed E-state index contributed by atoms with van der Waals surface area (Å²) in [6, 6.07) is 0. The number of rotatable bonds is 4. The van der Waals surface area contributed by atoms with Crippen LogP contribution in [0.15, 0.2) is 4.99 Å². The lowest BCUT2D eigenvalue weighted by atomic mass is 10.1. The van der Waals surface area contributed by atoms with Gasteiger partial charge in [0, 0.05) is 13.3 Å². The van der Waals surface area contributed by atoms with Gasteiger partial charge in [-0.25, -0.2) is 0 Å². The summed E-state index contributed by atoms with van der Waals surface area (Å²) < 4.78 is 0. The highest BCUT2D eigenvalue weighted by Crippen LogP contribution is 2.06. The van der Waals surface area contributed by atoms with Gasteiger partial charge >= 0.3 is 0 Å². The molecular weight excluding hydrogens is 240 g/mol. The molecule has 0 saturated carbocycles. The summed E-state index contributed by atoms with van der Waals surface area (Å²) in [6.45, 7) is 1.45. The molecule has 0 aromatic rings. The Morgan fingerprint density at radius 1 is 1.53 bits per heavy atom. The van der Waals surface area contributed by atoms with Crippen molar-refractivity contribution in [1.29, 1.82) is 0 Å². The Hall–Kier alpha value is -1.34. The van der Waals surface area contributed by atoms with Crippen LogP contribution >= 0.6 is 12.2 Å². The highest BCUT2D eigenvalue weighted by Gasteiger charge is 2.35. The zero-order chi connectivity index (χ0) is 13.0. The zero-order valence-electron chi connectivity index (χ0n) is 10.2. The third kappa shape index (κ3) is 3.57. The van der Waals surface area contributed by atoms with Gasteiger partial charge in [0.05, 0.1) is 27.2 Å². The van der Waals surface area contributed by atoms with Crippen molar-refractivity contribution in [1.82, 2.24) is 10.2 Å². The Morgan fingerprint density at radius 2 is 2.18 bits per heavy atom. The third-order valence-corrected chi connectivity index (χ3v) is 2.79. The molecule has 0 aliphatic carbocycles. The number of carbonyl (C=O) groups is 2. The number of nitrogens with zero attached hydrogens (tertiary/aromatic N) is 2. The predicted molar refractivity (Wildman–Crippen MR) is 68.0 cm³/mol. The van der Waals surface area contributed by atoms with Crippen LogP contribution in [-0.2, 0) is 9.59 Å². The molecule has 0 aromatic carbocycles. The molecule has 2 amide bonds. The van der Waals surface area contributed by atoms with E-state index in [1.165, 1.54) is 23.1 Å². The number of quaternary nitrogens is 1.